The number of thiazole rings is 1. The smallest absolute Gasteiger partial charge is 0.260 e. The summed E-state index contributed by atoms with van der Waals surface area (Å²) in [5.41, 5.74) is 8.44. The lowest BCUT2D eigenvalue weighted by molar-refractivity contribution is 0.432. The van der Waals surface area contributed by atoms with Crippen LogP contribution in [0.5, 0.6) is 0 Å². The normalized spacial score (nSPS) is 10.8. The Balaban J connectivity index is 2.09. The van der Waals surface area contributed by atoms with E-state index in [4.69, 9.17) is 33.5 Å². The van der Waals surface area contributed by atoms with Crippen LogP contribution < -0.4 is 5.73 Å². The molecule has 3 aromatic rings. The minimum atomic E-state index is 0.269. The summed E-state index contributed by atoms with van der Waals surface area (Å²) in [5.74, 6) is 0.721. The van der Waals surface area contributed by atoms with E-state index < -0.39 is 0 Å². The third-order valence-corrected chi connectivity index (χ3v) is 3.70. The molecule has 1 aromatic carbocycles. The Labute approximate surface area is 122 Å². The summed E-state index contributed by atoms with van der Waals surface area (Å²) in [7, 11) is 0. The number of aromatic nitrogens is 3. The second-order valence-electron chi connectivity index (χ2n) is 3.64. The number of benzene rings is 1. The van der Waals surface area contributed by atoms with Crippen LogP contribution in [0.2, 0.25) is 10.0 Å². The molecule has 3 rings (SSSR count). The summed E-state index contributed by atoms with van der Waals surface area (Å²) in [6.07, 6.45) is 1.66. The zero-order chi connectivity index (χ0) is 13.4. The van der Waals surface area contributed by atoms with Crippen molar-refractivity contribution < 1.29 is 4.52 Å². The average Bonchev–Trinajstić information content (AvgIpc) is 3.03. The van der Waals surface area contributed by atoms with Crippen LogP contribution in [0.1, 0.15) is 0 Å². The van der Waals surface area contributed by atoms with E-state index in [9.17, 15) is 0 Å². The van der Waals surface area contributed by atoms with E-state index in [-0.39, 0.29) is 5.89 Å². The van der Waals surface area contributed by atoms with Crippen LogP contribution in [-0.4, -0.2) is 15.1 Å². The molecule has 5 nitrogen and oxygen atoms in total. The number of hydrogen-bond acceptors (Lipinski definition) is 6. The first-order chi connectivity index (χ1) is 9.15. The van der Waals surface area contributed by atoms with Crippen molar-refractivity contribution in [2.24, 2.45) is 0 Å². The fourth-order valence-electron chi connectivity index (χ4n) is 1.52. The number of rotatable bonds is 2. The SMILES string of the molecule is Nc1c(Cl)cc(Cl)cc1-c1nc(-c2cncs2)no1. The number of nitrogen functional groups attached to an aromatic ring is 1. The van der Waals surface area contributed by atoms with E-state index in [0.717, 1.165) is 4.88 Å². The van der Waals surface area contributed by atoms with Crippen LogP contribution in [-0.2, 0) is 0 Å². The van der Waals surface area contributed by atoms with Crippen LogP contribution >= 0.6 is 34.5 Å². The van der Waals surface area contributed by atoms with Gasteiger partial charge in [-0.2, -0.15) is 4.98 Å². The Kier molecular flexibility index (Phi) is 3.14. The Bertz CT molecular complexity index is 726. The molecule has 0 saturated heterocycles. The van der Waals surface area contributed by atoms with Gasteiger partial charge < -0.3 is 10.3 Å². The summed E-state index contributed by atoms with van der Waals surface area (Å²) in [5, 5.41) is 4.68. The first-order valence-corrected chi connectivity index (χ1v) is 6.76. The van der Waals surface area contributed by atoms with Crippen molar-refractivity contribution >= 4 is 40.2 Å². The molecule has 0 amide bonds. The summed E-state index contributed by atoms with van der Waals surface area (Å²) >= 11 is 13.3. The van der Waals surface area contributed by atoms with Crippen LogP contribution in [0.3, 0.4) is 0 Å². The van der Waals surface area contributed by atoms with E-state index in [0.29, 0.717) is 27.1 Å². The molecular weight excluding hydrogens is 307 g/mol. The standard InChI is InChI=1S/C11H6Cl2N4OS/c12-5-1-6(9(14)7(13)2-5)11-16-10(17-18-11)8-3-15-4-19-8/h1-4H,14H2. The molecule has 0 fully saturated rings. The minimum Gasteiger partial charge on any atom is -0.397 e. The molecule has 8 heteroatoms. The predicted octanol–water partition coefficient (Wildman–Crippen LogP) is 3.75. The second-order valence-corrected chi connectivity index (χ2v) is 5.37. The van der Waals surface area contributed by atoms with Crippen LogP contribution in [0.4, 0.5) is 5.69 Å². The number of nitrogens with zero attached hydrogens (tertiary/aromatic N) is 3. The van der Waals surface area contributed by atoms with Gasteiger partial charge in [-0.1, -0.05) is 28.4 Å². The van der Waals surface area contributed by atoms with Gasteiger partial charge in [-0.15, -0.1) is 11.3 Å². The fraction of sp³-hybridized carbons (Fsp3) is 0. The molecule has 0 saturated carbocycles. The Hall–Kier alpha value is -1.63. The highest BCUT2D eigenvalue weighted by Gasteiger charge is 2.16. The maximum Gasteiger partial charge on any atom is 0.260 e. The van der Waals surface area contributed by atoms with Gasteiger partial charge in [0.25, 0.3) is 5.89 Å². The lowest BCUT2D eigenvalue weighted by atomic mass is 10.2. The number of halogens is 2. The maximum atomic E-state index is 5.97. The molecule has 96 valence electrons. The molecule has 2 aromatic heterocycles. The summed E-state index contributed by atoms with van der Waals surface area (Å²) in [6, 6.07) is 3.19. The van der Waals surface area contributed by atoms with Crippen LogP contribution in [0.15, 0.2) is 28.4 Å². The van der Waals surface area contributed by atoms with Crippen molar-refractivity contribution in [3.63, 3.8) is 0 Å². The molecule has 0 aliphatic heterocycles. The van der Waals surface area contributed by atoms with Crippen molar-refractivity contribution in [2.75, 3.05) is 5.73 Å². The van der Waals surface area contributed by atoms with Crippen LogP contribution in [0.25, 0.3) is 22.2 Å². The van der Waals surface area contributed by atoms with Gasteiger partial charge in [0.15, 0.2) is 0 Å². The van der Waals surface area contributed by atoms with E-state index in [1.807, 2.05) is 0 Å². The summed E-state index contributed by atoms with van der Waals surface area (Å²) in [6.45, 7) is 0. The largest absolute Gasteiger partial charge is 0.397 e. The zero-order valence-electron chi connectivity index (χ0n) is 9.30. The lowest BCUT2D eigenvalue weighted by Crippen LogP contribution is -1.91. The van der Waals surface area contributed by atoms with E-state index in [1.165, 1.54) is 11.3 Å². The van der Waals surface area contributed by atoms with Gasteiger partial charge in [0.05, 0.1) is 26.7 Å². The molecule has 0 bridgehead atoms. The third-order valence-electron chi connectivity index (χ3n) is 2.40. The maximum absolute atomic E-state index is 5.97. The van der Waals surface area contributed by atoms with Crippen molar-refractivity contribution in [1.82, 2.24) is 15.1 Å². The van der Waals surface area contributed by atoms with E-state index in [2.05, 4.69) is 15.1 Å². The number of hydrogen-bond donors (Lipinski definition) is 1. The molecule has 0 radical (unpaired) electrons. The van der Waals surface area contributed by atoms with Gasteiger partial charge in [0, 0.05) is 11.2 Å². The van der Waals surface area contributed by atoms with Crippen molar-refractivity contribution in [1.29, 1.82) is 0 Å². The van der Waals surface area contributed by atoms with Crippen molar-refractivity contribution in [3.8, 4) is 22.2 Å². The van der Waals surface area contributed by atoms with Crippen LogP contribution in [0, 0.1) is 0 Å². The molecule has 0 aliphatic rings. The first-order valence-electron chi connectivity index (χ1n) is 5.12. The number of anilines is 1. The van der Waals surface area contributed by atoms with Gasteiger partial charge in [-0.3, -0.25) is 4.98 Å². The van der Waals surface area contributed by atoms with Gasteiger partial charge in [0.2, 0.25) is 5.82 Å². The quantitative estimate of drug-likeness (QED) is 0.729. The highest BCUT2D eigenvalue weighted by molar-refractivity contribution is 7.13. The van der Waals surface area contributed by atoms with Gasteiger partial charge in [0.1, 0.15) is 0 Å². The fourth-order valence-corrected chi connectivity index (χ4v) is 2.56. The Morgan fingerprint density at radius 3 is 2.84 bits per heavy atom. The first kappa shape index (κ1) is 12.4. The second kappa shape index (κ2) is 4.80. The zero-order valence-corrected chi connectivity index (χ0v) is 11.6. The van der Waals surface area contributed by atoms with E-state index in [1.54, 1.807) is 23.8 Å². The number of nitrogens with two attached hydrogens (primary N) is 1. The molecule has 0 aliphatic carbocycles. The Morgan fingerprint density at radius 2 is 2.11 bits per heavy atom. The van der Waals surface area contributed by atoms with Gasteiger partial charge >= 0.3 is 0 Å². The molecular formula is C11H6Cl2N4OS. The Morgan fingerprint density at radius 1 is 1.26 bits per heavy atom. The summed E-state index contributed by atoms with van der Waals surface area (Å²) < 4.78 is 5.19. The molecule has 2 N–H and O–H groups in total. The van der Waals surface area contributed by atoms with Gasteiger partial charge in [-0.25, -0.2) is 0 Å². The van der Waals surface area contributed by atoms with Crippen molar-refractivity contribution in [3.05, 3.63) is 33.9 Å². The summed E-state index contributed by atoms with van der Waals surface area (Å²) in [4.78, 5) is 9.02. The molecule has 19 heavy (non-hydrogen) atoms. The lowest BCUT2D eigenvalue weighted by Gasteiger charge is -2.03. The van der Waals surface area contributed by atoms with E-state index >= 15 is 0 Å². The average molecular weight is 313 g/mol. The third kappa shape index (κ3) is 2.30. The van der Waals surface area contributed by atoms with Gasteiger partial charge in [-0.05, 0) is 12.1 Å². The topological polar surface area (TPSA) is 77.8 Å². The predicted molar refractivity (Wildman–Crippen MR) is 75.3 cm³/mol. The monoisotopic (exact) mass is 312 g/mol. The highest BCUT2D eigenvalue weighted by atomic mass is 35.5. The highest BCUT2D eigenvalue weighted by Crippen LogP contribution is 2.34. The minimum absolute atomic E-state index is 0.269. The molecule has 2 heterocycles. The van der Waals surface area contributed by atoms with Crippen molar-refractivity contribution in [2.45, 2.75) is 0 Å². The molecule has 0 unspecified atom stereocenters. The molecule has 0 atom stereocenters. The molecule has 0 spiro atoms.